The van der Waals surface area contributed by atoms with Crippen LogP contribution in [-0.2, 0) is 4.74 Å². The first-order valence-corrected chi connectivity index (χ1v) is 3.76. The van der Waals surface area contributed by atoms with E-state index in [1.54, 1.807) is 0 Å². The lowest BCUT2D eigenvalue weighted by Gasteiger charge is -2.22. The highest BCUT2D eigenvalue weighted by molar-refractivity contribution is 5.66. The third-order valence-corrected chi connectivity index (χ3v) is 1.86. The van der Waals surface area contributed by atoms with E-state index >= 15 is 0 Å². The zero-order chi connectivity index (χ0) is 7.68. The van der Waals surface area contributed by atoms with Gasteiger partial charge in [0.2, 0.25) is 0 Å². The average molecular weight is 146 g/mol. The van der Waals surface area contributed by atoms with Gasteiger partial charge in [-0.05, 0) is 6.92 Å². The molecule has 1 heterocycles. The van der Waals surface area contributed by atoms with Gasteiger partial charge in [0.25, 0.3) is 0 Å². The minimum Gasteiger partial charge on any atom is -0.488 e. The molecular formula is C10H10O. The molecule has 0 fully saturated rings. The molecule has 0 atom stereocenters. The van der Waals surface area contributed by atoms with Crippen molar-refractivity contribution < 1.29 is 4.74 Å². The second-order valence-electron chi connectivity index (χ2n) is 2.76. The monoisotopic (exact) mass is 146 g/mol. The predicted octanol–water partition coefficient (Wildman–Crippen LogP) is 2.45. The van der Waals surface area contributed by atoms with Crippen LogP contribution >= 0.6 is 0 Å². The van der Waals surface area contributed by atoms with Gasteiger partial charge in [0.15, 0.2) is 0 Å². The van der Waals surface area contributed by atoms with E-state index < -0.39 is 0 Å². The molecule has 1 aliphatic rings. The lowest BCUT2D eigenvalue weighted by atomic mass is 10.1. The molecule has 0 aromatic heterocycles. The van der Waals surface area contributed by atoms with Crippen LogP contribution in [0.2, 0.25) is 0 Å². The Morgan fingerprint density at radius 1 is 1.18 bits per heavy atom. The van der Waals surface area contributed by atoms with Crippen molar-refractivity contribution in [2.45, 2.75) is 6.92 Å². The summed E-state index contributed by atoms with van der Waals surface area (Å²) in [6.45, 7) is 2.90. The zero-order valence-corrected chi connectivity index (χ0v) is 6.50. The Hall–Kier alpha value is -1.24. The van der Waals surface area contributed by atoms with Crippen molar-refractivity contribution in [3.63, 3.8) is 0 Å². The molecule has 1 nitrogen and oxygen atoms in total. The molecule has 0 unspecified atom stereocenters. The Bertz CT molecular complexity index is 285. The lowest BCUT2D eigenvalue weighted by Crippen LogP contribution is -2.09. The smallest absolute Gasteiger partial charge is 0.129 e. The highest BCUT2D eigenvalue weighted by Crippen LogP contribution is 2.27. The minimum atomic E-state index is 0.796. The van der Waals surface area contributed by atoms with E-state index in [-0.39, 0.29) is 0 Å². The summed E-state index contributed by atoms with van der Waals surface area (Å²) in [6, 6.07) is 10.2. The second-order valence-corrected chi connectivity index (χ2v) is 2.76. The van der Waals surface area contributed by atoms with E-state index in [1.807, 2.05) is 18.2 Å². The summed E-state index contributed by atoms with van der Waals surface area (Å²) >= 11 is 0. The van der Waals surface area contributed by atoms with Gasteiger partial charge in [-0.15, -0.1) is 0 Å². The summed E-state index contributed by atoms with van der Waals surface area (Å²) in [5.74, 6) is 1.06. The van der Waals surface area contributed by atoms with Gasteiger partial charge in [-0.2, -0.15) is 0 Å². The Balaban J connectivity index is 2.38. The van der Waals surface area contributed by atoms with E-state index in [9.17, 15) is 0 Å². The summed E-state index contributed by atoms with van der Waals surface area (Å²) in [4.78, 5) is 0. The molecular weight excluding hydrogens is 136 g/mol. The number of rotatable bonds is 1. The van der Waals surface area contributed by atoms with Crippen LogP contribution in [0.4, 0.5) is 0 Å². The van der Waals surface area contributed by atoms with Gasteiger partial charge in [-0.1, -0.05) is 30.3 Å². The number of benzene rings is 1. The van der Waals surface area contributed by atoms with Gasteiger partial charge in [0.05, 0.1) is 0 Å². The van der Waals surface area contributed by atoms with E-state index in [0.717, 1.165) is 12.4 Å². The minimum absolute atomic E-state index is 0.796. The van der Waals surface area contributed by atoms with Gasteiger partial charge >= 0.3 is 0 Å². The van der Waals surface area contributed by atoms with Crippen molar-refractivity contribution in [3.8, 4) is 0 Å². The standard InChI is InChI=1S/C10H10O/c1-8-7-11-10(8)9-5-3-2-4-6-9/h2-6H,7H2,1H3. The second kappa shape index (κ2) is 2.42. The van der Waals surface area contributed by atoms with Gasteiger partial charge in [-0.3, -0.25) is 0 Å². The molecule has 1 aromatic carbocycles. The van der Waals surface area contributed by atoms with Gasteiger partial charge < -0.3 is 4.74 Å². The van der Waals surface area contributed by atoms with Crippen LogP contribution in [0.25, 0.3) is 5.76 Å². The molecule has 0 amide bonds. The quantitative estimate of drug-likeness (QED) is 0.591. The number of hydrogen-bond acceptors (Lipinski definition) is 1. The van der Waals surface area contributed by atoms with Crippen LogP contribution in [0.5, 0.6) is 0 Å². The van der Waals surface area contributed by atoms with Crippen LogP contribution < -0.4 is 0 Å². The fraction of sp³-hybridized carbons (Fsp3) is 0.200. The highest BCUT2D eigenvalue weighted by atomic mass is 16.5. The van der Waals surface area contributed by atoms with Crippen LogP contribution in [0.1, 0.15) is 12.5 Å². The maximum absolute atomic E-state index is 5.31. The van der Waals surface area contributed by atoms with Crippen LogP contribution in [0.15, 0.2) is 35.9 Å². The third-order valence-electron chi connectivity index (χ3n) is 1.86. The molecule has 0 spiro atoms. The zero-order valence-electron chi connectivity index (χ0n) is 6.50. The first kappa shape index (κ1) is 6.47. The number of hydrogen-bond donors (Lipinski definition) is 0. The predicted molar refractivity (Wildman–Crippen MR) is 45.0 cm³/mol. The average Bonchev–Trinajstić information content (AvgIpc) is 2.04. The molecule has 1 heteroatoms. The van der Waals surface area contributed by atoms with Crippen LogP contribution in [0.3, 0.4) is 0 Å². The largest absolute Gasteiger partial charge is 0.488 e. The van der Waals surface area contributed by atoms with E-state index in [4.69, 9.17) is 4.74 Å². The molecule has 11 heavy (non-hydrogen) atoms. The highest BCUT2D eigenvalue weighted by Gasteiger charge is 2.15. The molecule has 0 saturated carbocycles. The van der Waals surface area contributed by atoms with Crippen molar-refractivity contribution >= 4 is 5.76 Å². The summed E-state index contributed by atoms with van der Waals surface area (Å²) in [7, 11) is 0. The van der Waals surface area contributed by atoms with Gasteiger partial charge in [0.1, 0.15) is 12.4 Å². The molecule has 0 radical (unpaired) electrons. The van der Waals surface area contributed by atoms with Crippen LogP contribution in [-0.4, -0.2) is 6.61 Å². The molecule has 0 saturated heterocycles. The fourth-order valence-corrected chi connectivity index (χ4v) is 1.21. The van der Waals surface area contributed by atoms with Crippen molar-refractivity contribution in [3.05, 3.63) is 41.5 Å². The molecule has 56 valence electrons. The van der Waals surface area contributed by atoms with E-state index in [2.05, 4.69) is 19.1 Å². The third kappa shape index (κ3) is 1.03. The molecule has 0 N–H and O–H groups in total. The van der Waals surface area contributed by atoms with Crippen molar-refractivity contribution in [2.75, 3.05) is 6.61 Å². The van der Waals surface area contributed by atoms with Gasteiger partial charge in [0, 0.05) is 11.1 Å². The Labute approximate surface area is 66.3 Å². The topological polar surface area (TPSA) is 9.23 Å². The summed E-state index contributed by atoms with van der Waals surface area (Å²) in [5.41, 5.74) is 2.53. The molecule has 0 bridgehead atoms. The summed E-state index contributed by atoms with van der Waals surface area (Å²) < 4.78 is 5.31. The SMILES string of the molecule is CC1=C(c2ccccc2)OC1. The molecule has 1 aromatic rings. The number of ether oxygens (including phenoxy) is 1. The Kier molecular flexibility index (Phi) is 1.42. The van der Waals surface area contributed by atoms with E-state index in [0.29, 0.717) is 0 Å². The maximum Gasteiger partial charge on any atom is 0.129 e. The van der Waals surface area contributed by atoms with Crippen molar-refractivity contribution in [1.29, 1.82) is 0 Å². The fourth-order valence-electron chi connectivity index (χ4n) is 1.21. The normalized spacial score (nSPS) is 15.7. The van der Waals surface area contributed by atoms with E-state index in [1.165, 1.54) is 11.1 Å². The van der Waals surface area contributed by atoms with Gasteiger partial charge in [-0.25, -0.2) is 0 Å². The lowest BCUT2D eigenvalue weighted by molar-refractivity contribution is 0.259. The van der Waals surface area contributed by atoms with Crippen LogP contribution in [0, 0.1) is 0 Å². The first-order valence-electron chi connectivity index (χ1n) is 3.76. The Morgan fingerprint density at radius 2 is 1.91 bits per heavy atom. The van der Waals surface area contributed by atoms with Crippen molar-refractivity contribution in [1.82, 2.24) is 0 Å². The Morgan fingerprint density at radius 3 is 2.36 bits per heavy atom. The summed E-state index contributed by atoms with van der Waals surface area (Å²) in [5, 5.41) is 0. The first-order chi connectivity index (χ1) is 5.38. The van der Waals surface area contributed by atoms with Crippen molar-refractivity contribution in [2.24, 2.45) is 0 Å². The molecule has 1 aliphatic heterocycles. The molecule has 0 aliphatic carbocycles. The molecule has 2 rings (SSSR count). The summed E-state index contributed by atoms with van der Waals surface area (Å²) in [6.07, 6.45) is 0. The maximum atomic E-state index is 5.31.